The second kappa shape index (κ2) is 5.97. The number of piperidine rings is 1. The molecule has 18 heavy (non-hydrogen) atoms. The Labute approximate surface area is 110 Å². The average molecular weight is 268 g/mol. The molecule has 5 nitrogen and oxygen atoms in total. The molecule has 1 fully saturated rings. The zero-order valence-corrected chi connectivity index (χ0v) is 11.0. The molecule has 1 aromatic rings. The van der Waals surface area contributed by atoms with Crippen molar-refractivity contribution in [3.8, 4) is 0 Å². The molecule has 1 amide bonds. The third-order valence-corrected chi connectivity index (χ3v) is 3.82. The van der Waals surface area contributed by atoms with Gasteiger partial charge in [-0.1, -0.05) is 6.42 Å². The Balaban J connectivity index is 2.02. The predicted octanol–water partition coefficient (Wildman–Crippen LogP) is 1.62. The number of hydrogen-bond acceptors (Lipinski definition) is 5. The largest absolute Gasteiger partial charge is 0.465 e. The molecule has 1 aromatic heterocycles. The van der Waals surface area contributed by atoms with Gasteiger partial charge in [0.25, 0.3) is 0 Å². The van der Waals surface area contributed by atoms with E-state index in [-0.39, 0.29) is 11.9 Å². The Kier molecular flexibility index (Phi) is 4.33. The minimum atomic E-state index is -0.420. The molecular weight excluding hydrogens is 252 g/mol. The summed E-state index contributed by atoms with van der Waals surface area (Å²) in [7, 11) is 1.33. The molecule has 0 spiro atoms. The first-order chi connectivity index (χ1) is 8.72. The maximum atomic E-state index is 12.0. The molecule has 1 unspecified atom stereocenters. The smallest absolute Gasteiger partial charge is 0.350 e. The molecule has 0 aromatic carbocycles. The second-order valence-electron chi connectivity index (χ2n) is 4.15. The fourth-order valence-corrected chi connectivity index (χ4v) is 2.72. The Morgan fingerprint density at radius 1 is 1.50 bits per heavy atom. The second-order valence-corrected chi connectivity index (χ2v) is 5.06. The van der Waals surface area contributed by atoms with Gasteiger partial charge in [0, 0.05) is 0 Å². The van der Waals surface area contributed by atoms with Gasteiger partial charge in [-0.15, -0.1) is 11.3 Å². The third-order valence-electron chi connectivity index (χ3n) is 2.92. The summed E-state index contributed by atoms with van der Waals surface area (Å²) in [6.45, 7) is 0.867. The lowest BCUT2D eigenvalue weighted by atomic mass is 10.0. The van der Waals surface area contributed by atoms with E-state index in [1.807, 2.05) is 0 Å². The van der Waals surface area contributed by atoms with Crippen LogP contribution in [0.4, 0.5) is 5.69 Å². The summed E-state index contributed by atoms with van der Waals surface area (Å²) in [5, 5.41) is 7.71. The maximum absolute atomic E-state index is 12.0. The molecule has 1 aliphatic rings. The number of methoxy groups -OCH3 is 1. The molecule has 2 N–H and O–H groups in total. The number of esters is 1. The molecule has 2 rings (SSSR count). The molecular formula is C12H16N2O3S. The molecule has 0 aliphatic carbocycles. The van der Waals surface area contributed by atoms with Crippen LogP contribution in [0.15, 0.2) is 11.4 Å². The summed E-state index contributed by atoms with van der Waals surface area (Å²) < 4.78 is 4.67. The van der Waals surface area contributed by atoms with Gasteiger partial charge in [-0.2, -0.15) is 0 Å². The van der Waals surface area contributed by atoms with E-state index in [1.54, 1.807) is 11.4 Å². The number of carbonyl (C=O) groups excluding carboxylic acids is 2. The number of nitrogens with one attached hydrogen (secondary N) is 2. The number of amides is 1. The highest BCUT2D eigenvalue weighted by Crippen LogP contribution is 2.23. The fraction of sp³-hybridized carbons (Fsp3) is 0.500. The number of hydrogen-bond donors (Lipinski definition) is 2. The Morgan fingerprint density at radius 2 is 2.33 bits per heavy atom. The van der Waals surface area contributed by atoms with E-state index in [2.05, 4.69) is 15.4 Å². The van der Waals surface area contributed by atoms with Crippen LogP contribution >= 0.6 is 11.3 Å². The first kappa shape index (κ1) is 13.0. The molecule has 2 heterocycles. The number of rotatable bonds is 3. The van der Waals surface area contributed by atoms with Crippen LogP contribution in [0.1, 0.15) is 28.9 Å². The topological polar surface area (TPSA) is 67.4 Å². The van der Waals surface area contributed by atoms with Crippen molar-refractivity contribution >= 4 is 28.9 Å². The van der Waals surface area contributed by atoms with E-state index in [0.717, 1.165) is 25.8 Å². The standard InChI is InChI=1S/C12H16N2O3S/c1-17-12(16)10-8(5-7-18-10)14-11(15)9-4-2-3-6-13-9/h5,7,9,13H,2-4,6H2,1H3,(H,14,15). The summed E-state index contributed by atoms with van der Waals surface area (Å²) in [6, 6.07) is 1.56. The molecule has 0 saturated carbocycles. The lowest BCUT2D eigenvalue weighted by Crippen LogP contribution is -2.43. The molecule has 0 bridgehead atoms. The fourth-order valence-electron chi connectivity index (χ4n) is 1.95. The zero-order chi connectivity index (χ0) is 13.0. The van der Waals surface area contributed by atoms with Gasteiger partial charge in [0.05, 0.1) is 18.8 Å². The number of thiophene rings is 1. The molecule has 1 atom stereocenters. The van der Waals surface area contributed by atoms with Crippen molar-refractivity contribution in [2.75, 3.05) is 19.0 Å². The van der Waals surface area contributed by atoms with E-state index >= 15 is 0 Å². The first-order valence-corrected chi connectivity index (χ1v) is 6.80. The van der Waals surface area contributed by atoms with E-state index in [0.29, 0.717) is 10.6 Å². The Morgan fingerprint density at radius 3 is 3.00 bits per heavy atom. The van der Waals surface area contributed by atoms with Gasteiger partial charge in [-0.05, 0) is 30.8 Å². The van der Waals surface area contributed by atoms with E-state index in [9.17, 15) is 9.59 Å². The van der Waals surface area contributed by atoms with Crippen molar-refractivity contribution in [2.24, 2.45) is 0 Å². The van der Waals surface area contributed by atoms with Crippen LogP contribution in [-0.2, 0) is 9.53 Å². The summed E-state index contributed by atoms with van der Waals surface area (Å²) in [6.07, 6.45) is 3.00. The molecule has 1 aliphatic heterocycles. The van der Waals surface area contributed by atoms with Crippen LogP contribution in [0.5, 0.6) is 0 Å². The minimum absolute atomic E-state index is 0.0850. The number of ether oxygens (including phenoxy) is 1. The van der Waals surface area contributed by atoms with Crippen LogP contribution < -0.4 is 10.6 Å². The molecule has 98 valence electrons. The zero-order valence-electron chi connectivity index (χ0n) is 10.2. The Hall–Kier alpha value is -1.40. The summed E-state index contributed by atoms with van der Waals surface area (Å²) >= 11 is 1.26. The van der Waals surface area contributed by atoms with Gasteiger partial charge in [0.1, 0.15) is 4.88 Å². The van der Waals surface area contributed by atoms with Crippen molar-refractivity contribution in [2.45, 2.75) is 25.3 Å². The highest BCUT2D eigenvalue weighted by atomic mass is 32.1. The number of anilines is 1. The van der Waals surface area contributed by atoms with Crippen molar-refractivity contribution in [3.05, 3.63) is 16.3 Å². The predicted molar refractivity (Wildman–Crippen MR) is 69.9 cm³/mol. The molecule has 6 heteroatoms. The van der Waals surface area contributed by atoms with Crippen LogP contribution in [0.3, 0.4) is 0 Å². The Bertz CT molecular complexity index is 438. The van der Waals surface area contributed by atoms with Crippen molar-refractivity contribution in [1.29, 1.82) is 0 Å². The van der Waals surface area contributed by atoms with Crippen molar-refractivity contribution in [3.63, 3.8) is 0 Å². The molecule has 1 saturated heterocycles. The maximum Gasteiger partial charge on any atom is 0.350 e. The quantitative estimate of drug-likeness (QED) is 0.817. The van der Waals surface area contributed by atoms with Crippen LogP contribution in [-0.4, -0.2) is 31.6 Å². The lowest BCUT2D eigenvalue weighted by Gasteiger charge is -2.22. The van der Waals surface area contributed by atoms with Crippen LogP contribution in [0.25, 0.3) is 0 Å². The van der Waals surface area contributed by atoms with E-state index in [1.165, 1.54) is 18.4 Å². The van der Waals surface area contributed by atoms with Crippen LogP contribution in [0.2, 0.25) is 0 Å². The number of carbonyl (C=O) groups is 2. The SMILES string of the molecule is COC(=O)c1sccc1NC(=O)C1CCCCN1. The van der Waals surface area contributed by atoms with Crippen molar-refractivity contribution in [1.82, 2.24) is 5.32 Å². The van der Waals surface area contributed by atoms with Gasteiger partial charge in [0.2, 0.25) is 5.91 Å². The van der Waals surface area contributed by atoms with Crippen molar-refractivity contribution < 1.29 is 14.3 Å². The average Bonchev–Trinajstić information content (AvgIpc) is 2.87. The minimum Gasteiger partial charge on any atom is -0.465 e. The highest BCUT2D eigenvalue weighted by molar-refractivity contribution is 7.12. The lowest BCUT2D eigenvalue weighted by molar-refractivity contribution is -0.118. The van der Waals surface area contributed by atoms with Crippen LogP contribution in [0, 0.1) is 0 Å². The van der Waals surface area contributed by atoms with Gasteiger partial charge < -0.3 is 15.4 Å². The molecule has 0 radical (unpaired) electrons. The monoisotopic (exact) mass is 268 g/mol. The van der Waals surface area contributed by atoms with E-state index < -0.39 is 5.97 Å². The van der Waals surface area contributed by atoms with Gasteiger partial charge in [-0.25, -0.2) is 4.79 Å². The third kappa shape index (κ3) is 2.88. The van der Waals surface area contributed by atoms with Gasteiger partial charge >= 0.3 is 5.97 Å². The van der Waals surface area contributed by atoms with Gasteiger partial charge in [0.15, 0.2) is 0 Å². The van der Waals surface area contributed by atoms with Gasteiger partial charge in [-0.3, -0.25) is 4.79 Å². The summed E-state index contributed by atoms with van der Waals surface area (Å²) in [5.74, 6) is -0.504. The first-order valence-electron chi connectivity index (χ1n) is 5.92. The summed E-state index contributed by atoms with van der Waals surface area (Å²) in [5.41, 5.74) is 0.532. The summed E-state index contributed by atoms with van der Waals surface area (Å²) in [4.78, 5) is 23.9. The highest BCUT2D eigenvalue weighted by Gasteiger charge is 2.22. The normalized spacial score (nSPS) is 19.3. The van der Waals surface area contributed by atoms with E-state index in [4.69, 9.17) is 0 Å².